The summed E-state index contributed by atoms with van der Waals surface area (Å²) in [5, 5.41) is 175. The van der Waals surface area contributed by atoms with Crippen LogP contribution < -0.4 is 30.6 Å². The standard InChI is InChI=1S/C56H108N10O26.2Gd/c67-31-47(32-68)89-39-43(40-90-48(33-69)34-70)19-65(23-45(75)21-57-1-5-59(25-51(77)78)9-13-63(29-55(85)86)14-10-60(6-2-57)26-52(79)80)17-18-66(20-44(41-91-49(35-71)36-72)42-92-50(37-73)38-74)24-46(76)22-58-3-7-61(27-53(81)82)11-15-64(30-56(87)88)16-12-62(8-4-58)28-54(83)84;;/h43-50,67-76H,1-42H2,(H,77,78)(H,79,80)(H,81,82)(H,83,84)(H,85,86)(H,87,88);;/q;2*+3/p-6. The molecule has 2 atom stereocenters. The molecule has 36 nitrogen and oxygen atoms in total. The van der Waals surface area contributed by atoms with Gasteiger partial charge in [0.25, 0.3) is 0 Å². The number of hydrogen-bond acceptors (Lipinski definition) is 36. The molecule has 2 radical (unpaired) electrons. The largest absolute Gasteiger partial charge is 3.00 e. The Bertz CT molecular complexity index is 1790. The molecule has 2 fully saturated rings. The Balaban J connectivity index is 0.0000432. The van der Waals surface area contributed by atoms with E-state index in [1.807, 2.05) is 0 Å². The minimum atomic E-state index is -1.40. The number of rotatable bonds is 47. The molecule has 0 spiro atoms. The molecule has 94 heavy (non-hydrogen) atoms. The predicted molar refractivity (Wildman–Crippen MR) is 309 cm³/mol. The van der Waals surface area contributed by atoms with E-state index in [0.29, 0.717) is 0 Å². The Hall–Kier alpha value is -1.49. The smallest absolute Gasteiger partial charge is 0.549 e. The van der Waals surface area contributed by atoms with Gasteiger partial charge in [-0.15, -0.1) is 0 Å². The fourth-order valence-corrected chi connectivity index (χ4v) is 10.4. The Morgan fingerprint density at radius 1 is 0.309 bits per heavy atom. The van der Waals surface area contributed by atoms with Crippen LogP contribution >= 0.6 is 0 Å². The summed E-state index contributed by atoms with van der Waals surface area (Å²) in [5.74, 6) is -9.77. The zero-order chi connectivity index (χ0) is 68.4. The maximum Gasteiger partial charge on any atom is 3.00 e. The van der Waals surface area contributed by atoms with Crippen LogP contribution in [0.4, 0.5) is 0 Å². The maximum absolute atomic E-state index is 12.2. The number of aliphatic hydroxyl groups is 10. The van der Waals surface area contributed by atoms with Crippen molar-refractivity contribution in [2.24, 2.45) is 11.8 Å². The normalized spacial score (nSPS) is 17.7. The molecule has 2 unspecified atom stereocenters. The van der Waals surface area contributed by atoms with Gasteiger partial charge in [-0.1, -0.05) is 0 Å². The van der Waals surface area contributed by atoms with Crippen LogP contribution in [0.5, 0.6) is 0 Å². The van der Waals surface area contributed by atoms with E-state index >= 15 is 0 Å². The van der Waals surface area contributed by atoms with Crippen LogP contribution in [0.25, 0.3) is 0 Å². The molecule has 0 aromatic rings. The summed E-state index contributed by atoms with van der Waals surface area (Å²) < 4.78 is 23.4. The molecule has 2 heterocycles. The monoisotopic (exact) mass is 1650 g/mol. The third-order valence-electron chi connectivity index (χ3n) is 15.5. The van der Waals surface area contributed by atoms with Crippen molar-refractivity contribution in [3.63, 3.8) is 0 Å². The van der Waals surface area contributed by atoms with Crippen molar-refractivity contribution >= 4 is 35.8 Å². The number of carboxylic acid groups (broad SMARTS) is 6. The molecule has 0 aliphatic carbocycles. The fourth-order valence-electron chi connectivity index (χ4n) is 10.4. The van der Waals surface area contributed by atoms with E-state index < -0.39 is 176 Å². The molecule has 0 bridgehead atoms. The first-order chi connectivity index (χ1) is 43.9. The van der Waals surface area contributed by atoms with Crippen molar-refractivity contribution < 1.29 is 209 Å². The topological polar surface area (TPSA) is 512 Å². The average molecular weight is 1650 g/mol. The first kappa shape index (κ1) is 92.5. The molecule has 0 aromatic heterocycles. The van der Waals surface area contributed by atoms with E-state index in [1.165, 1.54) is 29.4 Å². The van der Waals surface area contributed by atoms with Crippen LogP contribution in [0.1, 0.15) is 0 Å². The Morgan fingerprint density at radius 3 is 0.638 bits per heavy atom. The van der Waals surface area contributed by atoms with E-state index in [-0.39, 0.29) is 263 Å². The van der Waals surface area contributed by atoms with Crippen molar-refractivity contribution in [3.8, 4) is 0 Å². The van der Waals surface area contributed by atoms with Crippen LogP contribution in [-0.2, 0) is 47.7 Å². The Kier molecular flexibility index (Phi) is 54.3. The van der Waals surface area contributed by atoms with Crippen LogP contribution in [-0.4, -0.2) is 448 Å². The van der Waals surface area contributed by atoms with Gasteiger partial charge in [-0.05, 0) is 0 Å². The first-order valence-electron chi connectivity index (χ1n) is 31.0. The Labute approximate surface area is 613 Å². The summed E-state index contributed by atoms with van der Waals surface area (Å²) in [6, 6.07) is 0. The molecular formula is C56H102Gd2N10O26. The van der Waals surface area contributed by atoms with Crippen molar-refractivity contribution in [3.05, 3.63) is 0 Å². The molecule has 10 N–H and O–H groups in total. The number of carboxylic acids is 6. The van der Waals surface area contributed by atoms with Crippen LogP contribution in [0.2, 0.25) is 0 Å². The first-order valence-corrected chi connectivity index (χ1v) is 31.0. The van der Waals surface area contributed by atoms with Gasteiger partial charge >= 0.3 is 79.9 Å². The van der Waals surface area contributed by atoms with E-state index in [2.05, 4.69) is 0 Å². The average Bonchev–Trinajstić information content (AvgIpc) is 1.12. The second-order valence-electron chi connectivity index (χ2n) is 23.3. The summed E-state index contributed by atoms with van der Waals surface area (Å²) in [6.07, 6.45) is -6.66. The summed E-state index contributed by atoms with van der Waals surface area (Å²) in [6.45, 7) is -7.54. The van der Waals surface area contributed by atoms with E-state index in [9.17, 15) is 110 Å². The summed E-state index contributed by atoms with van der Waals surface area (Å²) >= 11 is 0. The molecule has 0 aromatic carbocycles. The van der Waals surface area contributed by atoms with Gasteiger partial charge in [-0.25, -0.2) is 0 Å². The number of aliphatic carboxylic acids is 6. The molecular weight excluding hydrogens is 1540 g/mol. The number of aliphatic hydroxyl groups excluding tert-OH is 10. The zero-order valence-corrected chi connectivity index (χ0v) is 58.0. The molecule has 0 amide bonds. The van der Waals surface area contributed by atoms with Crippen molar-refractivity contribution in [2.75, 3.05) is 276 Å². The number of carbonyl (C=O) groups is 6. The molecule has 38 heteroatoms. The van der Waals surface area contributed by atoms with Gasteiger partial charge in [0.05, 0.1) is 127 Å². The van der Waals surface area contributed by atoms with Crippen LogP contribution in [0, 0.1) is 91.7 Å². The van der Waals surface area contributed by atoms with E-state index in [0.717, 1.165) is 0 Å². The van der Waals surface area contributed by atoms with Gasteiger partial charge in [0.1, 0.15) is 24.4 Å². The minimum Gasteiger partial charge on any atom is -0.549 e. The van der Waals surface area contributed by atoms with Crippen molar-refractivity contribution in [2.45, 2.75) is 36.6 Å². The molecule has 0 saturated carbocycles. The van der Waals surface area contributed by atoms with Crippen LogP contribution in [0.15, 0.2) is 0 Å². The van der Waals surface area contributed by atoms with Crippen molar-refractivity contribution in [1.29, 1.82) is 0 Å². The second-order valence-corrected chi connectivity index (χ2v) is 23.3. The predicted octanol–water partition coefficient (Wildman–Crippen LogP) is -18.0. The third kappa shape index (κ3) is 44.6. The summed E-state index contributed by atoms with van der Waals surface area (Å²) in [7, 11) is 0. The number of nitrogens with zero attached hydrogens (tertiary/aromatic N) is 10. The Morgan fingerprint density at radius 2 is 0.479 bits per heavy atom. The van der Waals surface area contributed by atoms with Crippen LogP contribution in [0.3, 0.4) is 0 Å². The summed E-state index contributed by atoms with van der Waals surface area (Å²) in [4.78, 5) is 87.3. The van der Waals surface area contributed by atoms with E-state index in [1.54, 1.807) is 19.6 Å². The second kappa shape index (κ2) is 55.2. The zero-order valence-electron chi connectivity index (χ0n) is 53.5. The third-order valence-corrected chi connectivity index (χ3v) is 15.5. The van der Waals surface area contributed by atoms with Crippen molar-refractivity contribution in [1.82, 2.24) is 49.0 Å². The molecule has 2 rings (SSSR count). The van der Waals surface area contributed by atoms with Gasteiger partial charge < -0.3 is 129 Å². The number of ether oxygens (including phenoxy) is 4. The van der Waals surface area contributed by atoms with Gasteiger partial charge in [-0.2, -0.15) is 0 Å². The number of β-amino-alcohol motifs (C(OH)–C–C–N with tert-alkyl or cyclic N) is 2. The SMILES string of the molecule is O=C([O-])CN1CCN(CC(=O)[O-])CCN(CC(O)CN(CCN(CC(O)CN2CCN(CC(=O)[O-])CCN(CC(=O)[O-])CCN(CC(=O)[O-])CC2)CC(COC(CO)CO)COC(CO)CO)CC(COC(CO)CO)COC(CO)CO)CCN(CC(=O)[O-])CC1.[Gd+3].[Gd+3]. The number of hydrogen-bond donors (Lipinski definition) is 10. The molecule has 2 aliphatic rings. The van der Waals surface area contributed by atoms with Gasteiger partial charge in [0, 0.05) is 208 Å². The number of carbonyl (C=O) groups excluding carboxylic acids is 6. The quantitative estimate of drug-likeness (QED) is 0.0270. The van der Waals surface area contributed by atoms with Gasteiger partial charge in [0.15, 0.2) is 0 Å². The van der Waals surface area contributed by atoms with Gasteiger partial charge in [0.2, 0.25) is 0 Å². The maximum atomic E-state index is 12.2. The van der Waals surface area contributed by atoms with E-state index in [4.69, 9.17) is 18.9 Å². The summed E-state index contributed by atoms with van der Waals surface area (Å²) in [5.41, 5.74) is 0. The fraction of sp³-hybridized carbons (Fsp3) is 0.893. The molecule has 548 valence electrons. The molecule has 2 saturated heterocycles. The van der Waals surface area contributed by atoms with Gasteiger partial charge in [-0.3, -0.25) is 49.0 Å². The molecule has 2 aliphatic heterocycles. The minimum absolute atomic E-state index is 0.